The second kappa shape index (κ2) is 5.86. The summed E-state index contributed by atoms with van der Waals surface area (Å²) in [5.74, 6) is 0.155. The molecule has 2 saturated heterocycles. The largest absolute Gasteiger partial charge is 0.348 e. The SMILES string of the molecule is CC1(C2CC2)NC(=O)N(CC(=O)N2CCC(c3cnc[nH]3)CC2)C1=O. The summed E-state index contributed by atoms with van der Waals surface area (Å²) in [6, 6.07) is -0.444. The van der Waals surface area contributed by atoms with Gasteiger partial charge in [-0.3, -0.25) is 14.5 Å². The summed E-state index contributed by atoms with van der Waals surface area (Å²) in [4.78, 5) is 47.3. The Balaban J connectivity index is 1.35. The molecule has 8 heteroatoms. The van der Waals surface area contributed by atoms with Crippen LogP contribution in [0.4, 0.5) is 4.79 Å². The number of carbonyl (C=O) groups is 3. The first kappa shape index (κ1) is 16.1. The fourth-order valence-electron chi connectivity index (χ4n) is 3.96. The van der Waals surface area contributed by atoms with Gasteiger partial charge in [0.2, 0.25) is 5.91 Å². The summed E-state index contributed by atoms with van der Waals surface area (Å²) < 4.78 is 0. The van der Waals surface area contributed by atoms with E-state index in [1.807, 2.05) is 6.20 Å². The maximum Gasteiger partial charge on any atom is 0.325 e. The Morgan fingerprint density at radius 2 is 2.00 bits per heavy atom. The fraction of sp³-hybridized carbons (Fsp3) is 0.647. The van der Waals surface area contributed by atoms with E-state index in [0.29, 0.717) is 19.0 Å². The quantitative estimate of drug-likeness (QED) is 0.790. The smallest absolute Gasteiger partial charge is 0.325 e. The van der Waals surface area contributed by atoms with Crippen LogP contribution in [-0.4, -0.2) is 62.8 Å². The fourth-order valence-corrected chi connectivity index (χ4v) is 3.96. The number of imidazole rings is 1. The van der Waals surface area contributed by atoms with Crippen molar-refractivity contribution in [3.05, 3.63) is 18.2 Å². The Morgan fingerprint density at radius 1 is 1.28 bits per heavy atom. The van der Waals surface area contributed by atoms with Gasteiger partial charge in [-0.1, -0.05) is 0 Å². The van der Waals surface area contributed by atoms with Gasteiger partial charge in [-0.25, -0.2) is 9.78 Å². The average molecular weight is 345 g/mol. The third-order valence-corrected chi connectivity index (χ3v) is 5.80. The van der Waals surface area contributed by atoms with Crippen molar-refractivity contribution >= 4 is 17.8 Å². The lowest BCUT2D eigenvalue weighted by atomic mass is 9.94. The standard InChI is InChI=1S/C17H23N5O3/c1-17(12-2-3-12)15(24)22(16(25)20-17)9-14(23)21-6-4-11(5-7-21)13-8-18-10-19-13/h8,10-12H,2-7,9H2,1H3,(H,18,19)(H,20,25). The number of carbonyl (C=O) groups excluding carboxylic acids is 3. The van der Waals surface area contributed by atoms with Crippen LogP contribution in [0.1, 0.15) is 44.2 Å². The van der Waals surface area contributed by atoms with Crippen LogP contribution in [0.2, 0.25) is 0 Å². The number of piperidine rings is 1. The van der Waals surface area contributed by atoms with Crippen molar-refractivity contribution in [2.24, 2.45) is 5.92 Å². The Labute approximate surface area is 146 Å². The van der Waals surface area contributed by atoms with Gasteiger partial charge in [0.05, 0.1) is 6.33 Å². The van der Waals surface area contributed by atoms with Gasteiger partial charge in [0.15, 0.2) is 0 Å². The highest BCUT2D eigenvalue weighted by Gasteiger charge is 2.56. The van der Waals surface area contributed by atoms with Crippen LogP contribution in [0, 0.1) is 5.92 Å². The Hall–Kier alpha value is -2.38. The first-order chi connectivity index (χ1) is 12.0. The van der Waals surface area contributed by atoms with E-state index in [-0.39, 0.29) is 24.3 Å². The van der Waals surface area contributed by atoms with E-state index in [9.17, 15) is 14.4 Å². The molecule has 4 amide bonds. The predicted molar refractivity (Wildman–Crippen MR) is 88.5 cm³/mol. The van der Waals surface area contributed by atoms with Crippen molar-refractivity contribution in [3.63, 3.8) is 0 Å². The molecule has 8 nitrogen and oxygen atoms in total. The number of likely N-dealkylation sites (tertiary alicyclic amines) is 1. The molecule has 0 aromatic carbocycles. The van der Waals surface area contributed by atoms with Crippen molar-refractivity contribution in [3.8, 4) is 0 Å². The third kappa shape index (κ3) is 2.79. The van der Waals surface area contributed by atoms with Crippen LogP contribution >= 0.6 is 0 Å². The van der Waals surface area contributed by atoms with Gasteiger partial charge in [0.25, 0.3) is 5.91 Å². The third-order valence-electron chi connectivity index (χ3n) is 5.80. The minimum atomic E-state index is -0.828. The lowest BCUT2D eigenvalue weighted by molar-refractivity contribution is -0.139. The molecule has 1 aliphatic carbocycles. The lowest BCUT2D eigenvalue weighted by Gasteiger charge is -2.32. The average Bonchev–Trinajstić information content (AvgIpc) is 3.29. The molecule has 1 atom stereocenters. The first-order valence-electron chi connectivity index (χ1n) is 8.89. The minimum Gasteiger partial charge on any atom is -0.348 e. The minimum absolute atomic E-state index is 0.161. The number of hydrogen-bond donors (Lipinski definition) is 2. The second-order valence-corrected chi connectivity index (χ2v) is 7.46. The van der Waals surface area contributed by atoms with E-state index in [1.54, 1.807) is 18.2 Å². The monoisotopic (exact) mass is 345 g/mol. The van der Waals surface area contributed by atoms with E-state index in [4.69, 9.17) is 0 Å². The number of aromatic amines is 1. The number of hydrogen-bond acceptors (Lipinski definition) is 4. The van der Waals surface area contributed by atoms with E-state index in [0.717, 1.165) is 36.3 Å². The molecule has 2 N–H and O–H groups in total. The topological polar surface area (TPSA) is 98.4 Å². The highest BCUT2D eigenvalue weighted by atomic mass is 16.2. The van der Waals surface area contributed by atoms with Gasteiger partial charge in [-0.05, 0) is 38.5 Å². The van der Waals surface area contributed by atoms with E-state index in [1.165, 1.54) is 0 Å². The molecule has 1 unspecified atom stereocenters. The molecular formula is C17H23N5O3. The summed E-state index contributed by atoms with van der Waals surface area (Å²) in [5, 5.41) is 2.78. The van der Waals surface area contributed by atoms with Crippen LogP contribution < -0.4 is 5.32 Å². The van der Waals surface area contributed by atoms with E-state index >= 15 is 0 Å². The van der Waals surface area contributed by atoms with Crippen LogP contribution in [0.25, 0.3) is 0 Å². The zero-order valence-electron chi connectivity index (χ0n) is 14.3. The number of H-pyrrole nitrogens is 1. The molecule has 25 heavy (non-hydrogen) atoms. The van der Waals surface area contributed by atoms with Gasteiger partial charge >= 0.3 is 6.03 Å². The number of imide groups is 1. The molecule has 3 aliphatic rings. The van der Waals surface area contributed by atoms with Crippen molar-refractivity contribution < 1.29 is 14.4 Å². The summed E-state index contributed by atoms with van der Waals surface area (Å²) in [7, 11) is 0. The highest BCUT2D eigenvalue weighted by Crippen LogP contribution is 2.42. The highest BCUT2D eigenvalue weighted by molar-refractivity contribution is 6.09. The van der Waals surface area contributed by atoms with Gasteiger partial charge in [-0.2, -0.15) is 0 Å². The summed E-state index contributed by atoms with van der Waals surface area (Å²) in [5.41, 5.74) is 0.270. The summed E-state index contributed by atoms with van der Waals surface area (Å²) >= 11 is 0. The van der Waals surface area contributed by atoms with Crippen molar-refractivity contribution in [2.75, 3.05) is 19.6 Å². The molecular weight excluding hydrogens is 322 g/mol. The molecule has 1 aromatic heterocycles. The van der Waals surface area contributed by atoms with Gasteiger partial charge < -0.3 is 15.2 Å². The number of rotatable bonds is 4. The second-order valence-electron chi connectivity index (χ2n) is 7.46. The summed E-state index contributed by atoms with van der Waals surface area (Å²) in [6.45, 7) is 2.87. The zero-order chi connectivity index (χ0) is 17.6. The molecule has 1 aromatic rings. The van der Waals surface area contributed by atoms with Crippen molar-refractivity contribution in [1.82, 2.24) is 25.1 Å². The van der Waals surface area contributed by atoms with Crippen molar-refractivity contribution in [1.29, 1.82) is 0 Å². The Kier molecular flexibility index (Phi) is 3.77. The molecule has 2 aliphatic heterocycles. The molecule has 1 saturated carbocycles. The number of amides is 4. The van der Waals surface area contributed by atoms with Crippen LogP contribution in [0.3, 0.4) is 0 Å². The number of nitrogens with zero attached hydrogens (tertiary/aromatic N) is 3. The lowest BCUT2D eigenvalue weighted by Crippen LogP contribution is -2.48. The molecule has 0 spiro atoms. The molecule has 3 heterocycles. The van der Waals surface area contributed by atoms with Gasteiger partial charge in [0, 0.05) is 30.9 Å². The molecule has 0 bridgehead atoms. The molecule has 134 valence electrons. The molecule has 0 radical (unpaired) electrons. The van der Waals surface area contributed by atoms with Crippen LogP contribution in [0.5, 0.6) is 0 Å². The van der Waals surface area contributed by atoms with Crippen molar-refractivity contribution in [2.45, 2.75) is 44.1 Å². The van der Waals surface area contributed by atoms with Gasteiger partial charge in [-0.15, -0.1) is 0 Å². The first-order valence-corrected chi connectivity index (χ1v) is 8.89. The molecule has 3 fully saturated rings. The molecule has 4 rings (SSSR count). The zero-order valence-corrected chi connectivity index (χ0v) is 14.3. The van der Waals surface area contributed by atoms with E-state index in [2.05, 4.69) is 15.3 Å². The maximum absolute atomic E-state index is 12.6. The normalized spacial score (nSPS) is 27.7. The Bertz CT molecular complexity index is 691. The van der Waals surface area contributed by atoms with Crippen LogP contribution in [-0.2, 0) is 9.59 Å². The van der Waals surface area contributed by atoms with E-state index < -0.39 is 11.6 Å². The number of aromatic nitrogens is 2. The van der Waals surface area contributed by atoms with Gasteiger partial charge in [0.1, 0.15) is 12.1 Å². The maximum atomic E-state index is 12.6. The number of nitrogens with one attached hydrogen (secondary N) is 2. The predicted octanol–water partition coefficient (Wildman–Crippen LogP) is 0.836. The number of urea groups is 1. The van der Waals surface area contributed by atoms with Crippen LogP contribution in [0.15, 0.2) is 12.5 Å². The Morgan fingerprint density at radius 3 is 2.60 bits per heavy atom. The summed E-state index contributed by atoms with van der Waals surface area (Å²) in [6.07, 6.45) is 7.11.